The molecule has 6 rings (SSSR count). The first-order valence-electron chi connectivity index (χ1n) is 10.0. The van der Waals surface area contributed by atoms with Crippen molar-refractivity contribution in [2.75, 3.05) is 13.1 Å². The normalized spacial score (nSPS) is 45.1. The number of hydrogen-bond acceptors (Lipinski definition) is 6. The lowest BCUT2D eigenvalue weighted by Gasteiger charge is -2.15. The first-order valence-corrected chi connectivity index (χ1v) is 10.0. The molecule has 4 amide bonds. The fraction of sp³-hybridized carbons (Fsp3) is 0.700. The summed E-state index contributed by atoms with van der Waals surface area (Å²) in [4.78, 5) is 52.7. The molecule has 0 unspecified atom stereocenters. The third-order valence-electron chi connectivity index (χ3n) is 7.35. The van der Waals surface area contributed by atoms with Gasteiger partial charge in [0, 0.05) is 0 Å². The Hall–Kier alpha value is -2.24. The van der Waals surface area contributed by atoms with E-state index in [-0.39, 0.29) is 84.8 Å². The zero-order valence-corrected chi connectivity index (χ0v) is 15.2. The summed E-state index contributed by atoms with van der Waals surface area (Å²) in [7, 11) is 0. The summed E-state index contributed by atoms with van der Waals surface area (Å²) in [6, 6.07) is 0. The summed E-state index contributed by atoms with van der Waals surface area (Å²) in [5.41, 5.74) is 0. The lowest BCUT2D eigenvalue weighted by molar-refractivity contribution is -0.143. The molecule has 0 aromatic rings. The molecule has 6 aliphatic rings. The molecule has 6 fully saturated rings. The Balaban J connectivity index is 1.12. The molecule has 6 saturated heterocycles. The summed E-state index contributed by atoms with van der Waals surface area (Å²) in [6.45, 7) is 0.00307. The van der Waals surface area contributed by atoms with Gasteiger partial charge in [-0.2, -0.15) is 0 Å². The second kappa shape index (κ2) is 5.65. The molecule has 0 N–H and O–H groups in total. The number of rotatable bonds is 2. The van der Waals surface area contributed by atoms with E-state index < -0.39 is 0 Å². The molecule has 0 saturated carbocycles. The maximum Gasteiger partial charge on any atom is 0.236 e. The van der Waals surface area contributed by atoms with Crippen molar-refractivity contribution in [3.63, 3.8) is 0 Å². The summed E-state index contributed by atoms with van der Waals surface area (Å²) >= 11 is 0. The Bertz CT molecular complexity index is 750. The summed E-state index contributed by atoms with van der Waals surface area (Å²) in [5, 5.41) is 0. The highest BCUT2D eigenvalue weighted by Gasteiger charge is 2.63. The number of ether oxygens (including phenoxy) is 2. The molecular formula is C20H20N2O6. The first kappa shape index (κ1) is 16.7. The Morgan fingerprint density at radius 1 is 0.607 bits per heavy atom. The van der Waals surface area contributed by atoms with Gasteiger partial charge in [-0.05, 0) is 25.7 Å². The lowest BCUT2D eigenvalue weighted by Crippen LogP contribution is -2.35. The minimum Gasteiger partial charge on any atom is -0.373 e. The zero-order chi connectivity index (χ0) is 19.2. The second-order valence-electron chi connectivity index (χ2n) is 8.56. The van der Waals surface area contributed by atoms with Crippen LogP contribution in [0.5, 0.6) is 0 Å². The molecule has 0 aromatic carbocycles. The molecule has 8 heteroatoms. The Morgan fingerprint density at radius 2 is 0.893 bits per heavy atom. The fourth-order valence-electron chi connectivity index (χ4n) is 6.13. The Morgan fingerprint density at radius 3 is 1.18 bits per heavy atom. The molecule has 8 nitrogen and oxygen atoms in total. The van der Waals surface area contributed by atoms with Crippen molar-refractivity contribution in [3.05, 3.63) is 0 Å². The summed E-state index contributed by atoms with van der Waals surface area (Å²) in [5.74, 6) is 3.40. The highest BCUT2D eigenvalue weighted by molar-refractivity contribution is 6.07. The topological polar surface area (TPSA) is 93.2 Å². The molecule has 0 radical (unpaired) electrons. The van der Waals surface area contributed by atoms with Crippen molar-refractivity contribution < 1.29 is 28.7 Å². The monoisotopic (exact) mass is 384 g/mol. The average molecular weight is 384 g/mol. The van der Waals surface area contributed by atoms with Crippen LogP contribution in [-0.4, -0.2) is 70.9 Å². The van der Waals surface area contributed by atoms with Crippen LogP contribution in [0.25, 0.3) is 0 Å². The molecule has 0 spiro atoms. The molecular weight excluding hydrogens is 364 g/mol. The highest BCUT2D eigenvalue weighted by atomic mass is 16.5. The molecule has 8 atom stereocenters. The predicted molar refractivity (Wildman–Crippen MR) is 91.0 cm³/mol. The number of carbonyl (C=O) groups is 4. The number of nitrogens with zero attached hydrogens (tertiary/aromatic N) is 2. The van der Waals surface area contributed by atoms with Crippen molar-refractivity contribution >= 4 is 23.6 Å². The molecule has 0 aromatic heterocycles. The van der Waals surface area contributed by atoms with Crippen molar-refractivity contribution in [2.24, 2.45) is 23.7 Å². The van der Waals surface area contributed by atoms with Gasteiger partial charge in [0.25, 0.3) is 0 Å². The smallest absolute Gasteiger partial charge is 0.236 e. The van der Waals surface area contributed by atoms with Gasteiger partial charge in [0.1, 0.15) is 0 Å². The average Bonchev–Trinajstić information content (AvgIpc) is 3.49. The molecule has 4 bridgehead atoms. The minimum absolute atomic E-state index is 0.00153. The van der Waals surface area contributed by atoms with Crippen molar-refractivity contribution in [2.45, 2.75) is 50.1 Å². The van der Waals surface area contributed by atoms with E-state index in [2.05, 4.69) is 11.8 Å². The van der Waals surface area contributed by atoms with E-state index >= 15 is 0 Å². The summed E-state index contributed by atoms with van der Waals surface area (Å²) < 4.78 is 11.4. The van der Waals surface area contributed by atoms with E-state index in [1.165, 1.54) is 9.80 Å². The molecule has 146 valence electrons. The van der Waals surface area contributed by atoms with Crippen LogP contribution in [-0.2, 0) is 28.7 Å². The van der Waals surface area contributed by atoms with Crippen LogP contribution in [0.15, 0.2) is 0 Å². The number of imide groups is 2. The number of carbonyl (C=O) groups excluding carboxylic acids is 4. The van der Waals surface area contributed by atoms with Gasteiger partial charge in [-0.1, -0.05) is 11.8 Å². The maximum absolute atomic E-state index is 12.6. The predicted octanol–water partition coefficient (Wildman–Crippen LogP) is -0.685. The van der Waals surface area contributed by atoms with Crippen LogP contribution < -0.4 is 0 Å². The van der Waals surface area contributed by atoms with E-state index in [1.54, 1.807) is 0 Å². The van der Waals surface area contributed by atoms with E-state index in [0.717, 1.165) is 25.7 Å². The Labute approximate surface area is 161 Å². The fourth-order valence-corrected chi connectivity index (χ4v) is 6.13. The van der Waals surface area contributed by atoms with E-state index in [1.807, 2.05) is 0 Å². The first-order chi connectivity index (χ1) is 13.6. The van der Waals surface area contributed by atoms with Gasteiger partial charge in [-0.15, -0.1) is 0 Å². The second-order valence-corrected chi connectivity index (χ2v) is 8.56. The van der Waals surface area contributed by atoms with E-state index in [4.69, 9.17) is 9.47 Å². The van der Waals surface area contributed by atoms with Crippen molar-refractivity contribution in [1.29, 1.82) is 0 Å². The highest BCUT2D eigenvalue weighted by Crippen LogP contribution is 2.49. The minimum atomic E-state index is -0.357. The number of hydrogen-bond donors (Lipinski definition) is 0. The largest absolute Gasteiger partial charge is 0.373 e. The van der Waals surface area contributed by atoms with Crippen LogP contribution in [0, 0.1) is 35.5 Å². The van der Waals surface area contributed by atoms with Gasteiger partial charge in [0.2, 0.25) is 23.6 Å². The lowest BCUT2D eigenvalue weighted by atomic mass is 9.81. The van der Waals surface area contributed by atoms with Crippen LogP contribution >= 0.6 is 0 Å². The number of likely N-dealkylation sites (tertiary alicyclic amines) is 2. The van der Waals surface area contributed by atoms with Crippen LogP contribution in [0.1, 0.15) is 25.7 Å². The molecule has 6 heterocycles. The van der Waals surface area contributed by atoms with Crippen LogP contribution in [0.3, 0.4) is 0 Å². The van der Waals surface area contributed by atoms with Gasteiger partial charge >= 0.3 is 0 Å². The van der Waals surface area contributed by atoms with Crippen molar-refractivity contribution in [1.82, 2.24) is 9.80 Å². The van der Waals surface area contributed by atoms with Crippen LogP contribution in [0.2, 0.25) is 0 Å². The summed E-state index contributed by atoms with van der Waals surface area (Å²) in [6.07, 6.45) is 2.77. The van der Waals surface area contributed by atoms with Gasteiger partial charge in [-0.3, -0.25) is 29.0 Å². The SMILES string of the molecule is O=C1[C@@H]2[C@H](C(=O)N1CC#CCN1C(=O)[C@@H]3[C@H](C1=O)[C@H]1CC[C@H]3O1)[C@@H]1CC[C@@H]2O1. The number of fused-ring (bicyclic) bond motifs is 10. The third-order valence-corrected chi connectivity index (χ3v) is 7.35. The van der Waals surface area contributed by atoms with Crippen LogP contribution in [0.4, 0.5) is 0 Å². The van der Waals surface area contributed by atoms with E-state index in [0.29, 0.717) is 0 Å². The number of amides is 4. The quantitative estimate of drug-likeness (QED) is 0.462. The molecule has 28 heavy (non-hydrogen) atoms. The molecule has 0 aliphatic carbocycles. The van der Waals surface area contributed by atoms with Gasteiger partial charge in [0.15, 0.2) is 0 Å². The molecule has 6 aliphatic heterocycles. The zero-order valence-electron chi connectivity index (χ0n) is 15.2. The van der Waals surface area contributed by atoms with E-state index in [9.17, 15) is 19.2 Å². The standard InChI is InChI=1S/C20H20N2O6/c23-17-13-9-3-4-10(27-9)14(13)18(24)21(17)7-1-2-8-22-19(25)15-11-5-6-12(28-11)16(15)20(22)26/h9-16H,3-8H2/t9-,10-,11+,12+,13-,14+,15-,16+. The maximum atomic E-state index is 12.6. The van der Waals surface area contributed by atoms with Crippen molar-refractivity contribution in [3.8, 4) is 11.8 Å². The van der Waals surface area contributed by atoms with Gasteiger partial charge in [0.05, 0.1) is 61.2 Å². The van der Waals surface area contributed by atoms with Gasteiger partial charge < -0.3 is 9.47 Å². The van der Waals surface area contributed by atoms with Gasteiger partial charge in [-0.25, -0.2) is 0 Å². The third kappa shape index (κ3) is 1.98. The Kier molecular flexibility index (Phi) is 3.37.